The zero-order valence-electron chi connectivity index (χ0n) is 18.0. The second kappa shape index (κ2) is 10.4. The molecule has 0 saturated heterocycles. The van der Waals surface area contributed by atoms with Crippen LogP contribution in [0.1, 0.15) is 73.2 Å². The van der Waals surface area contributed by atoms with Crippen molar-refractivity contribution in [2.24, 2.45) is 0 Å². The van der Waals surface area contributed by atoms with Gasteiger partial charge in [0.25, 0.3) is 5.56 Å². The summed E-state index contributed by atoms with van der Waals surface area (Å²) in [5.74, 6) is -0.632. The Balaban J connectivity index is 1.83. The first kappa shape index (κ1) is 22.7. The number of carbonyl (C=O) groups excluding carboxylic acids is 1. The summed E-state index contributed by atoms with van der Waals surface area (Å²) in [6.45, 7) is 6.83. The number of aryl methyl sites for hydroxylation is 1. The third kappa shape index (κ3) is 5.21. The van der Waals surface area contributed by atoms with E-state index in [4.69, 9.17) is 0 Å². The van der Waals surface area contributed by atoms with Crippen molar-refractivity contribution in [2.45, 2.75) is 64.3 Å². The van der Waals surface area contributed by atoms with Crippen molar-refractivity contribution in [3.63, 3.8) is 0 Å². The highest BCUT2D eigenvalue weighted by atomic mass is 19.1. The van der Waals surface area contributed by atoms with E-state index < -0.39 is 17.1 Å². The van der Waals surface area contributed by atoms with E-state index in [1.54, 1.807) is 12.1 Å². The maximum Gasteiger partial charge on any atom is 0.296 e. The van der Waals surface area contributed by atoms with Gasteiger partial charge in [-0.05, 0) is 49.8 Å². The molecule has 1 aliphatic rings. The monoisotopic (exact) mass is 427 g/mol. The SMILES string of the molecule is C=CCCNc1cc(F)ccc1CCC(=O)c1nc2n(c(=O)c1O)CCCCC2CC. The first-order chi connectivity index (χ1) is 15.0. The molecule has 7 heteroatoms. The minimum atomic E-state index is -0.575. The first-order valence-corrected chi connectivity index (χ1v) is 11.0. The summed E-state index contributed by atoms with van der Waals surface area (Å²) >= 11 is 0. The zero-order chi connectivity index (χ0) is 22.4. The van der Waals surface area contributed by atoms with Crippen LogP contribution in [0.5, 0.6) is 5.75 Å². The zero-order valence-corrected chi connectivity index (χ0v) is 18.0. The predicted octanol–water partition coefficient (Wildman–Crippen LogP) is 4.57. The van der Waals surface area contributed by atoms with Gasteiger partial charge in [-0.15, -0.1) is 6.58 Å². The highest BCUT2D eigenvalue weighted by molar-refractivity contribution is 5.96. The van der Waals surface area contributed by atoms with Gasteiger partial charge in [0.15, 0.2) is 11.5 Å². The van der Waals surface area contributed by atoms with Crippen LogP contribution in [0.3, 0.4) is 0 Å². The number of benzene rings is 1. The van der Waals surface area contributed by atoms with Gasteiger partial charge in [0.05, 0.1) is 0 Å². The molecule has 1 aliphatic heterocycles. The second-order valence-corrected chi connectivity index (χ2v) is 7.95. The van der Waals surface area contributed by atoms with Gasteiger partial charge < -0.3 is 10.4 Å². The number of Topliss-reactive ketones (excluding diaryl/α,β-unsaturated/α-hetero) is 1. The average molecular weight is 428 g/mol. The molecule has 1 aromatic heterocycles. The lowest BCUT2D eigenvalue weighted by molar-refractivity contribution is 0.0974. The molecule has 166 valence electrons. The topological polar surface area (TPSA) is 84.2 Å². The fraction of sp³-hybridized carbons (Fsp3) is 0.458. The highest BCUT2D eigenvalue weighted by Gasteiger charge is 2.26. The van der Waals surface area contributed by atoms with E-state index >= 15 is 0 Å². The van der Waals surface area contributed by atoms with E-state index in [0.29, 0.717) is 31.0 Å². The quantitative estimate of drug-likeness (QED) is 0.348. The number of ketones is 1. The third-order valence-electron chi connectivity index (χ3n) is 5.84. The number of aromatic hydroxyl groups is 1. The molecule has 0 saturated carbocycles. The van der Waals surface area contributed by atoms with E-state index in [1.807, 2.05) is 6.92 Å². The predicted molar refractivity (Wildman–Crippen MR) is 119 cm³/mol. The fourth-order valence-corrected chi connectivity index (χ4v) is 4.07. The molecule has 0 aliphatic carbocycles. The molecule has 0 spiro atoms. The average Bonchev–Trinajstić information content (AvgIpc) is 2.97. The maximum absolute atomic E-state index is 13.7. The molecule has 0 amide bonds. The van der Waals surface area contributed by atoms with Crippen LogP contribution in [0.2, 0.25) is 0 Å². The van der Waals surface area contributed by atoms with Crippen LogP contribution in [-0.4, -0.2) is 27.0 Å². The van der Waals surface area contributed by atoms with E-state index in [2.05, 4.69) is 16.9 Å². The summed E-state index contributed by atoms with van der Waals surface area (Å²) in [4.78, 5) is 30.1. The lowest BCUT2D eigenvalue weighted by Gasteiger charge is -2.17. The van der Waals surface area contributed by atoms with Gasteiger partial charge in [0.1, 0.15) is 11.6 Å². The van der Waals surface area contributed by atoms with Crippen LogP contribution in [0.25, 0.3) is 0 Å². The number of nitrogens with zero attached hydrogens (tertiary/aromatic N) is 2. The maximum atomic E-state index is 13.7. The summed E-state index contributed by atoms with van der Waals surface area (Å²) in [6.07, 6.45) is 6.46. The molecule has 0 radical (unpaired) electrons. The number of aromatic nitrogens is 2. The number of hydrogen-bond donors (Lipinski definition) is 2. The van der Waals surface area contributed by atoms with Gasteiger partial charge in [0.2, 0.25) is 5.75 Å². The summed E-state index contributed by atoms with van der Waals surface area (Å²) in [5, 5.41) is 13.6. The largest absolute Gasteiger partial charge is 0.501 e. The van der Waals surface area contributed by atoms with Crippen molar-refractivity contribution in [3.05, 3.63) is 64.1 Å². The number of halogens is 1. The molecular weight excluding hydrogens is 397 g/mol. The lowest BCUT2D eigenvalue weighted by atomic mass is 9.99. The molecule has 2 N–H and O–H groups in total. The number of anilines is 1. The molecule has 1 unspecified atom stereocenters. The van der Waals surface area contributed by atoms with Crippen molar-refractivity contribution < 1.29 is 14.3 Å². The molecule has 0 fully saturated rings. The van der Waals surface area contributed by atoms with Crippen LogP contribution >= 0.6 is 0 Å². The Labute approximate surface area is 181 Å². The van der Waals surface area contributed by atoms with Gasteiger partial charge in [-0.2, -0.15) is 0 Å². The number of rotatable bonds is 9. The van der Waals surface area contributed by atoms with Crippen molar-refractivity contribution in [1.29, 1.82) is 0 Å². The van der Waals surface area contributed by atoms with Crippen LogP contribution in [0.4, 0.5) is 10.1 Å². The van der Waals surface area contributed by atoms with E-state index in [-0.39, 0.29) is 23.8 Å². The summed E-state index contributed by atoms with van der Waals surface area (Å²) in [5.41, 5.74) is 0.721. The Kier molecular flexibility index (Phi) is 7.60. The van der Waals surface area contributed by atoms with Crippen LogP contribution in [0.15, 0.2) is 35.6 Å². The van der Waals surface area contributed by atoms with E-state index in [9.17, 15) is 19.1 Å². The Morgan fingerprint density at radius 2 is 2.23 bits per heavy atom. The van der Waals surface area contributed by atoms with Crippen LogP contribution in [-0.2, 0) is 13.0 Å². The number of carbonyl (C=O) groups is 1. The second-order valence-electron chi connectivity index (χ2n) is 7.95. The highest BCUT2D eigenvalue weighted by Crippen LogP contribution is 2.29. The molecule has 31 heavy (non-hydrogen) atoms. The van der Waals surface area contributed by atoms with Gasteiger partial charge >= 0.3 is 0 Å². The molecular formula is C24H30FN3O3. The van der Waals surface area contributed by atoms with Gasteiger partial charge in [-0.25, -0.2) is 9.37 Å². The Hall–Kier alpha value is -2.96. The Bertz CT molecular complexity index is 1020. The third-order valence-corrected chi connectivity index (χ3v) is 5.84. The van der Waals surface area contributed by atoms with Crippen molar-refractivity contribution in [1.82, 2.24) is 9.55 Å². The van der Waals surface area contributed by atoms with Gasteiger partial charge in [-0.3, -0.25) is 14.2 Å². The van der Waals surface area contributed by atoms with Crippen molar-refractivity contribution in [2.75, 3.05) is 11.9 Å². The molecule has 1 atom stereocenters. The van der Waals surface area contributed by atoms with Gasteiger partial charge in [0, 0.05) is 31.1 Å². The molecule has 3 rings (SSSR count). The Morgan fingerprint density at radius 1 is 1.42 bits per heavy atom. The Morgan fingerprint density at radius 3 is 2.97 bits per heavy atom. The molecule has 2 aromatic rings. The molecule has 2 heterocycles. The summed E-state index contributed by atoms with van der Waals surface area (Å²) in [7, 11) is 0. The standard InChI is InChI=1S/C24H30FN3O3/c1-3-5-13-26-19-15-18(25)11-9-17(19)10-12-20(29)21-22(30)24(31)28-14-7-6-8-16(4-2)23(28)27-21/h3,9,11,15-16,26,30H,1,4-8,10,12-14H2,2H3. The van der Waals surface area contributed by atoms with Crippen molar-refractivity contribution >= 4 is 11.5 Å². The number of nitrogens with one attached hydrogen (secondary N) is 1. The first-order valence-electron chi connectivity index (χ1n) is 11.0. The van der Waals surface area contributed by atoms with Crippen LogP contribution in [0, 0.1) is 5.82 Å². The molecule has 0 bridgehead atoms. The fourth-order valence-electron chi connectivity index (χ4n) is 4.07. The minimum absolute atomic E-state index is 0.0576. The van der Waals surface area contributed by atoms with Gasteiger partial charge in [-0.1, -0.05) is 25.5 Å². The molecule has 6 nitrogen and oxygen atoms in total. The normalized spacial score (nSPS) is 15.7. The summed E-state index contributed by atoms with van der Waals surface area (Å²) in [6, 6.07) is 4.40. The number of fused-ring (bicyclic) bond motifs is 1. The minimum Gasteiger partial charge on any atom is -0.501 e. The van der Waals surface area contributed by atoms with E-state index in [1.165, 1.54) is 16.7 Å². The smallest absolute Gasteiger partial charge is 0.296 e. The number of hydrogen-bond acceptors (Lipinski definition) is 5. The molecule has 1 aromatic carbocycles. The van der Waals surface area contributed by atoms with Crippen LogP contribution < -0.4 is 10.9 Å². The van der Waals surface area contributed by atoms with Crippen molar-refractivity contribution in [3.8, 4) is 5.75 Å². The summed E-state index contributed by atoms with van der Waals surface area (Å²) < 4.78 is 15.2. The van der Waals surface area contributed by atoms with E-state index in [0.717, 1.165) is 37.7 Å². The lowest BCUT2D eigenvalue weighted by Crippen LogP contribution is -2.28.